The Morgan fingerprint density at radius 3 is 2.86 bits per heavy atom. The number of aliphatic hydroxyl groups is 1. The number of benzene rings is 1. The number of fused-ring (bicyclic) bond motifs is 1. The summed E-state index contributed by atoms with van der Waals surface area (Å²) < 4.78 is 0. The number of Topliss-reactive ketones (excluding diaryl/α,β-unsaturated/α-hetero) is 1. The molecule has 3 N–H and O–H groups in total. The van der Waals surface area contributed by atoms with Crippen molar-refractivity contribution in [2.45, 2.75) is 56.6 Å². The fourth-order valence-corrected chi connectivity index (χ4v) is 5.50. The molecule has 2 bridgehead atoms. The van der Waals surface area contributed by atoms with Gasteiger partial charge in [0, 0.05) is 23.8 Å². The summed E-state index contributed by atoms with van der Waals surface area (Å²) in [5.41, 5.74) is 1.57. The molecule has 1 saturated heterocycles. The van der Waals surface area contributed by atoms with E-state index in [4.69, 9.17) is 0 Å². The third-order valence-electron chi connectivity index (χ3n) is 6.63. The van der Waals surface area contributed by atoms with Crippen molar-refractivity contribution >= 4 is 5.78 Å². The molecule has 118 valence electrons. The minimum atomic E-state index is -0.899. The molecular formula is C18H23NO3. The highest BCUT2D eigenvalue weighted by molar-refractivity contribution is 5.85. The first-order valence-electron chi connectivity index (χ1n) is 8.22. The number of phenols is 1. The summed E-state index contributed by atoms with van der Waals surface area (Å²) in [6.07, 6.45) is 2.47. The van der Waals surface area contributed by atoms with Crippen LogP contribution in [0.5, 0.6) is 5.75 Å². The first kappa shape index (κ1) is 14.2. The predicted octanol–water partition coefficient (Wildman–Crippen LogP) is 1.59. The number of phenolic OH excluding ortho intramolecular Hbond substituents is 1. The summed E-state index contributed by atoms with van der Waals surface area (Å²) in [7, 11) is 0. The van der Waals surface area contributed by atoms with Crippen LogP contribution in [0.1, 0.15) is 42.9 Å². The zero-order chi connectivity index (χ0) is 15.7. The van der Waals surface area contributed by atoms with Crippen LogP contribution in [0.4, 0.5) is 0 Å². The van der Waals surface area contributed by atoms with Crippen LogP contribution in [0.25, 0.3) is 0 Å². The van der Waals surface area contributed by atoms with E-state index in [9.17, 15) is 15.0 Å². The van der Waals surface area contributed by atoms with Gasteiger partial charge in [-0.15, -0.1) is 0 Å². The molecule has 2 aliphatic carbocycles. The first-order valence-corrected chi connectivity index (χ1v) is 8.22. The lowest BCUT2D eigenvalue weighted by Gasteiger charge is -2.63. The Morgan fingerprint density at radius 2 is 2.09 bits per heavy atom. The molecule has 0 amide bonds. The molecule has 1 aromatic carbocycles. The first-order chi connectivity index (χ1) is 10.4. The van der Waals surface area contributed by atoms with Crippen molar-refractivity contribution in [2.75, 3.05) is 6.54 Å². The second-order valence-electron chi connectivity index (χ2n) is 7.29. The van der Waals surface area contributed by atoms with E-state index in [1.54, 1.807) is 6.07 Å². The zero-order valence-corrected chi connectivity index (χ0v) is 13.1. The van der Waals surface area contributed by atoms with E-state index >= 15 is 0 Å². The number of carbonyl (C=O) groups is 1. The van der Waals surface area contributed by atoms with Crippen LogP contribution in [0.3, 0.4) is 0 Å². The molecular weight excluding hydrogens is 278 g/mol. The van der Waals surface area contributed by atoms with E-state index in [0.717, 1.165) is 30.5 Å². The summed E-state index contributed by atoms with van der Waals surface area (Å²) in [5.74, 6) is 0.286. The highest BCUT2D eigenvalue weighted by Gasteiger charge is 2.66. The molecule has 0 unspecified atom stereocenters. The van der Waals surface area contributed by atoms with Gasteiger partial charge in [-0.05, 0) is 55.5 Å². The second kappa shape index (κ2) is 4.33. The highest BCUT2D eigenvalue weighted by Crippen LogP contribution is 2.59. The second-order valence-corrected chi connectivity index (χ2v) is 7.29. The molecule has 4 nitrogen and oxygen atoms in total. The number of carbonyl (C=O) groups excluding carboxylic acids is 1. The number of nitrogens with one attached hydrogen (secondary N) is 1. The largest absolute Gasteiger partial charge is 0.508 e. The van der Waals surface area contributed by atoms with E-state index in [2.05, 4.69) is 5.32 Å². The SMILES string of the molecule is Cc1c(O)ccc2c1[C@]13CCN[C@H](C2)[C@]1(O)CCC(=O)[C@@H]3C. The van der Waals surface area contributed by atoms with Crippen LogP contribution in [0.15, 0.2) is 12.1 Å². The van der Waals surface area contributed by atoms with Crippen molar-refractivity contribution in [3.05, 3.63) is 28.8 Å². The smallest absolute Gasteiger partial charge is 0.136 e. The van der Waals surface area contributed by atoms with Crippen molar-refractivity contribution in [3.63, 3.8) is 0 Å². The molecule has 0 aromatic heterocycles. The quantitative estimate of drug-likeness (QED) is 0.680. The minimum absolute atomic E-state index is 0.00626. The van der Waals surface area contributed by atoms with Crippen LogP contribution in [-0.2, 0) is 16.6 Å². The fraction of sp³-hybridized carbons (Fsp3) is 0.611. The lowest BCUT2D eigenvalue weighted by Crippen LogP contribution is -2.75. The van der Waals surface area contributed by atoms with Gasteiger partial charge in [0.1, 0.15) is 11.5 Å². The van der Waals surface area contributed by atoms with Gasteiger partial charge >= 0.3 is 0 Å². The van der Waals surface area contributed by atoms with E-state index in [0.29, 0.717) is 12.8 Å². The van der Waals surface area contributed by atoms with Crippen molar-refractivity contribution in [1.82, 2.24) is 5.32 Å². The van der Waals surface area contributed by atoms with Crippen molar-refractivity contribution in [1.29, 1.82) is 0 Å². The number of piperidine rings is 1. The van der Waals surface area contributed by atoms with Crippen LogP contribution >= 0.6 is 0 Å². The Kier molecular flexibility index (Phi) is 2.80. The van der Waals surface area contributed by atoms with Gasteiger partial charge in [-0.25, -0.2) is 0 Å². The lowest BCUT2D eigenvalue weighted by atomic mass is 9.46. The Morgan fingerprint density at radius 1 is 1.32 bits per heavy atom. The third kappa shape index (κ3) is 1.43. The summed E-state index contributed by atoms with van der Waals surface area (Å²) in [6.45, 7) is 4.68. The highest BCUT2D eigenvalue weighted by atomic mass is 16.3. The van der Waals surface area contributed by atoms with Gasteiger partial charge in [0.25, 0.3) is 0 Å². The Bertz CT molecular complexity index is 671. The Labute approximate surface area is 130 Å². The number of ketones is 1. The van der Waals surface area contributed by atoms with Crippen LogP contribution in [-0.4, -0.2) is 34.2 Å². The third-order valence-corrected chi connectivity index (χ3v) is 6.63. The minimum Gasteiger partial charge on any atom is -0.508 e. The van der Waals surface area contributed by atoms with Crippen molar-refractivity contribution in [2.24, 2.45) is 5.92 Å². The molecule has 4 atom stereocenters. The maximum absolute atomic E-state index is 12.5. The number of hydrogen-bond acceptors (Lipinski definition) is 4. The maximum atomic E-state index is 12.5. The number of aromatic hydroxyl groups is 1. The molecule has 4 heteroatoms. The van der Waals surface area contributed by atoms with Gasteiger partial charge in [0.2, 0.25) is 0 Å². The summed E-state index contributed by atoms with van der Waals surface area (Å²) in [4.78, 5) is 12.5. The molecule has 2 fully saturated rings. The van der Waals surface area contributed by atoms with Gasteiger partial charge in [0.15, 0.2) is 0 Å². The van der Waals surface area contributed by atoms with Gasteiger partial charge in [0.05, 0.1) is 5.60 Å². The van der Waals surface area contributed by atoms with Crippen LogP contribution in [0, 0.1) is 12.8 Å². The zero-order valence-electron chi connectivity index (χ0n) is 13.1. The molecule has 1 aromatic rings. The van der Waals surface area contributed by atoms with Gasteiger partial charge < -0.3 is 15.5 Å². The van der Waals surface area contributed by atoms with Crippen molar-refractivity contribution in [3.8, 4) is 5.75 Å². The van der Waals surface area contributed by atoms with E-state index in [-0.39, 0.29) is 23.5 Å². The molecule has 0 radical (unpaired) electrons. The predicted molar refractivity (Wildman–Crippen MR) is 83.0 cm³/mol. The van der Waals surface area contributed by atoms with Gasteiger partial charge in [-0.1, -0.05) is 13.0 Å². The van der Waals surface area contributed by atoms with Crippen LogP contribution < -0.4 is 5.32 Å². The van der Waals surface area contributed by atoms with Crippen LogP contribution in [0.2, 0.25) is 0 Å². The molecule has 22 heavy (non-hydrogen) atoms. The Hall–Kier alpha value is -1.39. The Balaban J connectivity index is 2.07. The molecule has 1 saturated carbocycles. The molecule has 1 heterocycles. The molecule has 1 aliphatic heterocycles. The van der Waals surface area contributed by atoms with E-state index in [1.807, 2.05) is 19.9 Å². The average Bonchev–Trinajstić information content (AvgIpc) is 2.47. The van der Waals surface area contributed by atoms with E-state index in [1.165, 1.54) is 5.56 Å². The van der Waals surface area contributed by atoms with Gasteiger partial charge in [-0.3, -0.25) is 4.79 Å². The summed E-state index contributed by atoms with van der Waals surface area (Å²) >= 11 is 0. The van der Waals surface area contributed by atoms with Crippen molar-refractivity contribution < 1.29 is 15.0 Å². The standard InChI is InChI=1S/C18H23NO3/c1-10-13(20)4-3-12-9-15-18(22)6-5-14(21)11(2)17(18,16(10)12)7-8-19-15/h3-4,11,15,19-20,22H,5-9H2,1-2H3/t11-,15+,17+,18+/m0/s1. The lowest BCUT2D eigenvalue weighted by molar-refractivity contribution is -0.162. The molecule has 4 rings (SSSR count). The summed E-state index contributed by atoms with van der Waals surface area (Å²) in [5, 5.41) is 25.3. The normalized spacial score (nSPS) is 40.0. The molecule has 3 aliphatic rings. The number of rotatable bonds is 0. The average molecular weight is 301 g/mol. The summed E-state index contributed by atoms with van der Waals surface area (Å²) in [6, 6.07) is 3.69. The van der Waals surface area contributed by atoms with E-state index < -0.39 is 11.0 Å². The molecule has 0 spiro atoms. The monoisotopic (exact) mass is 301 g/mol. The maximum Gasteiger partial charge on any atom is 0.136 e. The topological polar surface area (TPSA) is 69.6 Å². The fourth-order valence-electron chi connectivity index (χ4n) is 5.50. The number of hydrogen-bond donors (Lipinski definition) is 3. The van der Waals surface area contributed by atoms with Gasteiger partial charge in [-0.2, -0.15) is 0 Å².